The van der Waals surface area contributed by atoms with Gasteiger partial charge in [-0.15, -0.1) is 0 Å². The highest BCUT2D eigenvalue weighted by Crippen LogP contribution is 1.98. The highest BCUT2D eigenvalue weighted by atomic mass is 16.5. The maximum atomic E-state index is 10.3. The second-order valence-corrected chi connectivity index (χ2v) is 3.22. The van der Waals surface area contributed by atoms with Crippen molar-refractivity contribution in [3.05, 3.63) is 0 Å². The van der Waals surface area contributed by atoms with Crippen LogP contribution in [0.25, 0.3) is 0 Å². The molecule has 0 rings (SSSR count). The summed E-state index contributed by atoms with van der Waals surface area (Å²) in [6, 6.07) is 0. The van der Waals surface area contributed by atoms with Crippen molar-refractivity contribution >= 4 is 11.8 Å². The number of hydrogen-bond acceptors (Lipinski definition) is 4. The molecule has 0 saturated heterocycles. The van der Waals surface area contributed by atoms with Gasteiger partial charge in [0, 0.05) is 13.3 Å². The van der Waals surface area contributed by atoms with Crippen LogP contribution in [0.1, 0.15) is 46.5 Å². The smallest absolute Gasteiger partial charge is 0.302 e. The van der Waals surface area contributed by atoms with E-state index in [1.54, 1.807) is 6.92 Å². The highest BCUT2D eigenvalue weighted by Gasteiger charge is 1.89. The Labute approximate surface area is 91.6 Å². The van der Waals surface area contributed by atoms with E-state index in [1.165, 1.54) is 19.8 Å². The third kappa shape index (κ3) is 24.6. The first-order chi connectivity index (χ1) is 7.04. The number of carbonyl (C=O) groups excluding carboxylic acids is 2. The quantitative estimate of drug-likeness (QED) is 0.544. The zero-order valence-corrected chi connectivity index (χ0v) is 9.91. The van der Waals surface area contributed by atoms with Crippen molar-refractivity contribution in [1.82, 2.24) is 0 Å². The summed E-state index contributed by atoms with van der Waals surface area (Å²) >= 11 is 0. The average molecular weight is 218 g/mol. The predicted octanol–water partition coefficient (Wildman–Crippen LogP) is 1.70. The van der Waals surface area contributed by atoms with Gasteiger partial charge >= 0.3 is 5.97 Å². The Morgan fingerprint density at radius 3 is 2.07 bits per heavy atom. The first-order valence-corrected chi connectivity index (χ1v) is 5.28. The lowest BCUT2D eigenvalue weighted by Gasteiger charge is -1.93. The molecule has 90 valence electrons. The second kappa shape index (κ2) is 13.1. The Balaban J connectivity index is 0. The molecule has 0 spiro atoms. The lowest BCUT2D eigenvalue weighted by molar-refractivity contribution is -0.141. The highest BCUT2D eigenvalue weighted by molar-refractivity contribution is 5.75. The molecule has 1 N–H and O–H groups in total. The van der Waals surface area contributed by atoms with Crippen molar-refractivity contribution < 1.29 is 19.4 Å². The molecule has 0 bridgehead atoms. The standard InChI is InChI=1S/C7H14O.C4H8O3/c1-3-4-5-6-7(2)8;1-4(6)7-3-2-5/h3-6H2,1-2H3;5H,2-3H2,1H3. The molecule has 0 aromatic heterocycles. The monoisotopic (exact) mass is 218 g/mol. The van der Waals surface area contributed by atoms with Gasteiger partial charge < -0.3 is 14.6 Å². The maximum Gasteiger partial charge on any atom is 0.302 e. The molecule has 0 aliphatic heterocycles. The molecule has 0 aromatic rings. The summed E-state index contributed by atoms with van der Waals surface area (Å²) in [7, 11) is 0. The largest absolute Gasteiger partial charge is 0.463 e. The maximum absolute atomic E-state index is 10.3. The molecule has 4 heteroatoms. The van der Waals surface area contributed by atoms with E-state index in [2.05, 4.69) is 11.7 Å². The number of hydrogen-bond donors (Lipinski definition) is 1. The summed E-state index contributed by atoms with van der Waals surface area (Å²) in [5.74, 6) is -0.0347. The van der Waals surface area contributed by atoms with Gasteiger partial charge in [0.1, 0.15) is 12.4 Å². The van der Waals surface area contributed by atoms with Gasteiger partial charge in [0.25, 0.3) is 0 Å². The number of carbonyl (C=O) groups is 2. The normalized spacial score (nSPS) is 8.80. The lowest BCUT2D eigenvalue weighted by Crippen LogP contribution is -2.03. The molecule has 0 radical (unpaired) electrons. The Morgan fingerprint density at radius 1 is 1.20 bits per heavy atom. The van der Waals surface area contributed by atoms with E-state index < -0.39 is 0 Å². The van der Waals surface area contributed by atoms with E-state index in [4.69, 9.17) is 5.11 Å². The Hall–Kier alpha value is -0.900. The van der Waals surface area contributed by atoms with Crippen LogP contribution in [0, 0.1) is 0 Å². The van der Waals surface area contributed by atoms with E-state index in [9.17, 15) is 9.59 Å². The minimum Gasteiger partial charge on any atom is -0.463 e. The molecule has 15 heavy (non-hydrogen) atoms. The minimum atomic E-state index is -0.353. The van der Waals surface area contributed by atoms with Crippen LogP contribution in [0.4, 0.5) is 0 Å². The summed E-state index contributed by atoms with van der Waals surface area (Å²) in [4.78, 5) is 20.2. The Bertz CT molecular complexity index is 166. The lowest BCUT2D eigenvalue weighted by atomic mass is 10.2. The van der Waals surface area contributed by atoms with Crippen LogP contribution in [0.15, 0.2) is 0 Å². The SMILES string of the molecule is CC(=O)OCCO.CCCCCC(C)=O. The van der Waals surface area contributed by atoms with Gasteiger partial charge in [-0.2, -0.15) is 0 Å². The van der Waals surface area contributed by atoms with Gasteiger partial charge in [0.05, 0.1) is 6.61 Å². The van der Waals surface area contributed by atoms with Crippen LogP contribution in [-0.2, 0) is 14.3 Å². The third-order valence-corrected chi connectivity index (χ3v) is 1.53. The van der Waals surface area contributed by atoms with Crippen LogP contribution in [-0.4, -0.2) is 30.1 Å². The van der Waals surface area contributed by atoms with Crippen LogP contribution in [0.5, 0.6) is 0 Å². The van der Waals surface area contributed by atoms with Crippen molar-refractivity contribution in [1.29, 1.82) is 0 Å². The number of ether oxygens (including phenoxy) is 1. The molecule has 0 amide bonds. The van der Waals surface area contributed by atoms with E-state index in [-0.39, 0.29) is 19.2 Å². The van der Waals surface area contributed by atoms with E-state index in [1.807, 2.05) is 0 Å². The van der Waals surface area contributed by atoms with Gasteiger partial charge in [0.15, 0.2) is 0 Å². The van der Waals surface area contributed by atoms with Gasteiger partial charge in [0.2, 0.25) is 0 Å². The molecular weight excluding hydrogens is 196 g/mol. The molecule has 0 heterocycles. The van der Waals surface area contributed by atoms with Crippen molar-refractivity contribution in [2.75, 3.05) is 13.2 Å². The van der Waals surface area contributed by atoms with E-state index in [0.717, 1.165) is 12.8 Å². The Kier molecular flexibility index (Phi) is 14.4. The summed E-state index contributed by atoms with van der Waals surface area (Å²) in [5.41, 5.74) is 0. The first kappa shape index (κ1) is 16.5. The number of ketones is 1. The van der Waals surface area contributed by atoms with Gasteiger partial charge in [-0.25, -0.2) is 0 Å². The summed E-state index contributed by atoms with van der Waals surface area (Å²) < 4.78 is 4.30. The van der Waals surface area contributed by atoms with Crippen molar-refractivity contribution in [3.8, 4) is 0 Å². The van der Waals surface area contributed by atoms with Crippen molar-refractivity contribution in [3.63, 3.8) is 0 Å². The molecule has 0 fully saturated rings. The summed E-state index contributed by atoms with van der Waals surface area (Å²) in [6.45, 7) is 5.10. The number of Topliss-reactive ketones (excluding diaryl/α,β-unsaturated/α-hetero) is 1. The molecular formula is C11H22O4. The molecule has 0 atom stereocenters. The molecule has 4 nitrogen and oxygen atoms in total. The number of aliphatic hydroxyl groups is 1. The van der Waals surface area contributed by atoms with E-state index >= 15 is 0 Å². The molecule has 0 aliphatic carbocycles. The zero-order valence-electron chi connectivity index (χ0n) is 9.91. The van der Waals surface area contributed by atoms with Crippen LogP contribution >= 0.6 is 0 Å². The fraction of sp³-hybridized carbons (Fsp3) is 0.818. The topological polar surface area (TPSA) is 63.6 Å². The fourth-order valence-electron chi connectivity index (χ4n) is 0.813. The van der Waals surface area contributed by atoms with Crippen LogP contribution < -0.4 is 0 Å². The minimum absolute atomic E-state index is 0.0976. The third-order valence-electron chi connectivity index (χ3n) is 1.53. The van der Waals surface area contributed by atoms with Gasteiger partial charge in [-0.1, -0.05) is 19.8 Å². The second-order valence-electron chi connectivity index (χ2n) is 3.22. The molecule has 0 unspecified atom stereocenters. The first-order valence-electron chi connectivity index (χ1n) is 5.28. The number of unbranched alkanes of at least 4 members (excludes halogenated alkanes) is 2. The number of aliphatic hydroxyl groups excluding tert-OH is 1. The summed E-state index contributed by atoms with van der Waals surface area (Å²) in [5, 5.41) is 8.04. The average Bonchev–Trinajstić information content (AvgIpc) is 2.15. The molecule has 0 aromatic carbocycles. The number of rotatable bonds is 6. The zero-order chi connectivity index (χ0) is 12.1. The Morgan fingerprint density at radius 2 is 1.80 bits per heavy atom. The predicted molar refractivity (Wildman–Crippen MR) is 58.5 cm³/mol. The summed E-state index contributed by atoms with van der Waals surface area (Å²) in [6.07, 6.45) is 4.24. The number of esters is 1. The van der Waals surface area contributed by atoms with Crippen molar-refractivity contribution in [2.45, 2.75) is 46.5 Å². The molecule has 0 saturated carbocycles. The van der Waals surface area contributed by atoms with Gasteiger partial charge in [-0.3, -0.25) is 4.79 Å². The van der Waals surface area contributed by atoms with Crippen LogP contribution in [0.3, 0.4) is 0 Å². The van der Waals surface area contributed by atoms with Crippen molar-refractivity contribution in [2.24, 2.45) is 0 Å². The fourth-order valence-corrected chi connectivity index (χ4v) is 0.813. The molecule has 0 aliphatic rings. The van der Waals surface area contributed by atoms with Crippen LogP contribution in [0.2, 0.25) is 0 Å². The van der Waals surface area contributed by atoms with Gasteiger partial charge in [-0.05, 0) is 13.3 Å². The van der Waals surface area contributed by atoms with E-state index in [0.29, 0.717) is 5.78 Å².